The quantitative estimate of drug-likeness (QED) is 0.382. The van der Waals surface area contributed by atoms with Gasteiger partial charge in [-0.3, -0.25) is 4.79 Å². The maximum Gasteiger partial charge on any atom is 0.260 e. The monoisotopic (exact) mass is 425 g/mol. The molecule has 0 atom stereocenters. The predicted octanol–water partition coefficient (Wildman–Crippen LogP) is 3.44. The second-order valence-corrected chi connectivity index (χ2v) is 7.05. The third-order valence-corrected chi connectivity index (χ3v) is 4.97. The van der Waals surface area contributed by atoms with Crippen molar-refractivity contribution in [3.63, 3.8) is 0 Å². The molecule has 0 unspecified atom stereocenters. The summed E-state index contributed by atoms with van der Waals surface area (Å²) in [6, 6.07) is 7.69. The summed E-state index contributed by atoms with van der Waals surface area (Å²) < 4.78 is 21.2. The van der Waals surface area contributed by atoms with Crippen LogP contribution in [-0.2, 0) is 0 Å². The SMILES string of the molecule is CSc1nc(-c2ccco2)nc(C)c1C(=O)Nc1cc(-n2nnnc2C)ccc1F. The molecule has 1 N–H and O–H groups in total. The fourth-order valence-electron chi connectivity index (χ4n) is 2.87. The Kier molecular flexibility index (Phi) is 5.27. The number of thioether (sulfide) groups is 1. The molecule has 4 aromatic rings. The highest BCUT2D eigenvalue weighted by Gasteiger charge is 2.21. The van der Waals surface area contributed by atoms with Gasteiger partial charge in [-0.15, -0.1) is 16.9 Å². The van der Waals surface area contributed by atoms with Gasteiger partial charge in [0, 0.05) is 0 Å². The molecule has 3 aromatic heterocycles. The molecule has 0 spiro atoms. The number of furan rings is 1. The van der Waals surface area contributed by atoms with E-state index in [9.17, 15) is 9.18 Å². The second-order valence-electron chi connectivity index (χ2n) is 6.25. The van der Waals surface area contributed by atoms with Crippen molar-refractivity contribution in [2.75, 3.05) is 11.6 Å². The number of rotatable bonds is 5. The van der Waals surface area contributed by atoms with Crippen LogP contribution in [0.2, 0.25) is 0 Å². The Bertz CT molecular complexity index is 1220. The van der Waals surface area contributed by atoms with Crippen LogP contribution in [0.5, 0.6) is 0 Å². The van der Waals surface area contributed by atoms with Gasteiger partial charge in [-0.05, 0) is 60.9 Å². The van der Waals surface area contributed by atoms with Crippen molar-refractivity contribution in [2.45, 2.75) is 18.9 Å². The summed E-state index contributed by atoms with van der Waals surface area (Å²) >= 11 is 1.29. The van der Waals surface area contributed by atoms with E-state index in [0.29, 0.717) is 33.8 Å². The largest absolute Gasteiger partial charge is 0.461 e. The smallest absolute Gasteiger partial charge is 0.260 e. The van der Waals surface area contributed by atoms with Gasteiger partial charge in [-0.25, -0.2) is 14.4 Å². The molecule has 30 heavy (non-hydrogen) atoms. The van der Waals surface area contributed by atoms with Crippen molar-refractivity contribution in [1.82, 2.24) is 30.2 Å². The fraction of sp³-hybridized carbons (Fsp3) is 0.158. The average molecular weight is 425 g/mol. The summed E-state index contributed by atoms with van der Waals surface area (Å²) in [5.41, 5.74) is 1.22. The molecule has 0 aliphatic carbocycles. The molecule has 152 valence electrons. The maximum atomic E-state index is 14.4. The zero-order valence-corrected chi connectivity index (χ0v) is 17.1. The lowest BCUT2D eigenvalue weighted by Gasteiger charge is -2.13. The molecule has 4 rings (SSSR count). The number of nitrogens with one attached hydrogen (secondary N) is 1. The first kappa shape index (κ1) is 19.7. The number of carbonyl (C=O) groups excluding carboxylic acids is 1. The number of benzene rings is 1. The van der Waals surface area contributed by atoms with Crippen molar-refractivity contribution in [3.8, 4) is 17.3 Å². The summed E-state index contributed by atoms with van der Waals surface area (Å²) in [6.45, 7) is 3.41. The fourth-order valence-corrected chi connectivity index (χ4v) is 3.49. The molecular weight excluding hydrogens is 409 g/mol. The summed E-state index contributed by atoms with van der Waals surface area (Å²) in [5, 5.41) is 14.3. The molecule has 0 aliphatic heterocycles. The Balaban J connectivity index is 1.68. The second kappa shape index (κ2) is 8.03. The van der Waals surface area contributed by atoms with Crippen molar-refractivity contribution < 1.29 is 13.6 Å². The highest BCUT2D eigenvalue weighted by atomic mass is 32.2. The molecule has 0 fully saturated rings. The molecule has 3 heterocycles. The number of aryl methyl sites for hydroxylation is 2. The van der Waals surface area contributed by atoms with Gasteiger partial charge in [0.2, 0.25) is 0 Å². The summed E-state index contributed by atoms with van der Waals surface area (Å²) in [7, 11) is 0. The normalized spacial score (nSPS) is 10.9. The van der Waals surface area contributed by atoms with E-state index in [1.165, 1.54) is 40.9 Å². The number of hydrogen-bond donors (Lipinski definition) is 1. The average Bonchev–Trinajstić information content (AvgIpc) is 3.41. The number of tetrazole rings is 1. The van der Waals surface area contributed by atoms with Crippen LogP contribution in [-0.4, -0.2) is 42.3 Å². The Labute approximate surface area is 174 Å². The van der Waals surface area contributed by atoms with Crippen LogP contribution in [0.1, 0.15) is 21.9 Å². The van der Waals surface area contributed by atoms with E-state index >= 15 is 0 Å². The van der Waals surface area contributed by atoms with Gasteiger partial charge < -0.3 is 9.73 Å². The van der Waals surface area contributed by atoms with Crippen molar-refractivity contribution >= 4 is 23.4 Å². The third-order valence-electron chi connectivity index (χ3n) is 4.29. The molecule has 9 nitrogen and oxygen atoms in total. The number of amides is 1. The van der Waals surface area contributed by atoms with Crippen molar-refractivity contribution in [1.29, 1.82) is 0 Å². The van der Waals surface area contributed by atoms with Crippen LogP contribution in [0, 0.1) is 19.7 Å². The highest BCUT2D eigenvalue weighted by Crippen LogP contribution is 2.27. The Morgan fingerprint density at radius 1 is 1.23 bits per heavy atom. The third kappa shape index (κ3) is 3.66. The van der Waals surface area contributed by atoms with E-state index in [-0.39, 0.29) is 11.3 Å². The molecule has 0 bridgehead atoms. The van der Waals surface area contributed by atoms with Gasteiger partial charge in [0.1, 0.15) is 10.8 Å². The first-order chi connectivity index (χ1) is 14.5. The minimum atomic E-state index is -0.589. The van der Waals surface area contributed by atoms with Gasteiger partial charge >= 0.3 is 0 Å². The van der Waals surface area contributed by atoms with Crippen LogP contribution in [0.3, 0.4) is 0 Å². The van der Waals surface area contributed by atoms with Crippen LogP contribution in [0.25, 0.3) is 17.3 Å². The summed E-state index contributed by atoms with van der Waals surface area (Å²) in [6.07, 6.45) is 3.32. The molecule has 0 radical (unpaired) electrons. The van der Waals surface area contributed by atoms with E-state index in [1.807, 2.05) is 0 Å². The van der Waals surface area contributed by atoms with E-state index in [2.05, 4.69) is 30.8 Å². The minimum Gasteiger partial charge on any atom is -0.461 e. The van der Waals surface area contributed by atoms with Gasteiger partial charge in [0.15, 0.2) is 17.4 Å². The molecule has 11 heteroatoms. The van der Waals surface area contributed by atoms with Crippen LogP contribution in [0.15, 0.2) is 46.0 Å². The zero-order valence-electron chi connectivity index (χ0n) is 16.3. The lowest BCUT2D eigenvalue weighted by molar-refractivity contribution is 0.102. The van der Waals surface area contributed by atoms with E-state index in [1.54, 1.807) is 32.2 Å². The predicted molar refractivity (Wildman–Crippen MR) is 108 cm³/mol. The van der Waals surface area contributed by atoms with Crippen LogP contribution >= 0.6 is 11.8 Å². The molecular formula is C19H16FN7O2S. The molecule has 0 aliphatic rings. The molecule has 1 aromatic carbocycles. The molecule has 0 saturated heterocycles. The number of nitrogens with zero attached hydrogens (tertiary/aromatic N) is 6. The Hall–Kier alpha value is -3.60. The number of anilines is 1. The lowest BCUT2D eigenvalue weighted by Crippen LogP contribution is -2.18. The number of carbonyl (C=O) groups is 1. The Morgan fingerprint density at radius 2 is 2.07 bits per heavy atom. The van der Waals surface area contributed by atoms with Crippen molar-refractivity contribution in [2.24, 2.45) is 0 Å². The summed E-state index contributed by atoms with van der Waals surface area (Å²) in [4.78, 5) is 21.8. The van der Waals surface area contributed by atoms with E-state index in [4.69, 9.17) is 4.42 Å². The van der Waals surface area contributed by atoms with Gasteiger partial charge in [0.25, 0.3) is 5.91 Å². The van der Waals surface area contributed by atoms with Gasteiger partial charge in [-0.1, -0.05) is 0 Å². The Morgan fingerprint density at radius 3 is 2.73 bits per heavy atom. The first-order valence-electron chi connectivity index (χ1n) is 8.80. The minimum absolute atomic E-state index is 0.00559. The summed E-state index contributed by atoms with van der Waals surface area (Å²) in [5.74, 6) is 0.291. The standard InChI is InChI=1S/C19H16FN7O2S/c1-10-16(19(30-3)23-17(21-10)15-5-4-8-29-15)18(28)22-14-9-12(6-7-13(14)20)27-11(2)24-25-26-27/h4-9H,1-3H3,(H,22,28). The topological polar surface area (TPSA) is 112 Å². The number of aromatic nitrogens is 6. The zero-order chi connectivity index (χ0) is 21.3. The lowest BCUT2D eigenvalue weighted by atomic mass is 10.2. The van der Waals surface area contributed by atoms with E-state index in [0.717, 1.165) is 0 Å². The van der Waals surface area contributed by atoms with Gasteiger partial charge in [-0.2, -0.15) is 4.68 Å². The van der Waals surface area contributed by atoms with Crippen LogP contribution < -0.4 is 5.32 Å². The highest BCUT2D eigenvalue weighted by molar-refractivity contribution is 7.98. The van der Waals surface area contributed by atoms with Crippen LogP contribution in [0.4, 0.5) is 10.1 Å². The van der Waals surface area contributed by atoms with E-state index < -0.39 is 11.7 Å². The van der Waals surface area contributed by atoms with Crippen molar-refractivity contribution in [3.05, 3.63) is 59.5 Å². The van der Waals surface area contributed by atoms with Gasteiger partial charge in [0.05, 0.1) is 28.9 Å². The first-order valence-corrected chi connectivity index (χ1v) is 10.0. The maximum absolute atomic E-state index is 14.4. The number of hydrogen-bond acceptors (Lipinski definition) is 8. The number of halogens is 1. The molecule has 0 saturated carbocycles. The molecule has 1 amide bonds.